The largest absolute Gasteiger partial charge is 0.497 e. The van der Waals surface area contributed by atoms with Crippen molar-refractivity contribution in [1.82, 2.24) is 4.98 Å². The van der Waals surface area contributed by atoms with Crippen molar-refractivity contribution < 1.29 is 19.1 Å². The number of anilines is 1. The third kappa shape index (κ3) is 3.55. The number of thiazole rings is 1. The average Bonchev–Trinajstić information content (AvgIpc) is 3.17. The highest BCUT2D eigenvalue weighted by atomic mass is 32.1. The van der Waals surface area contributed by atoms with E-state index in [1.807, 2.05) is 25.1 Å². The van der Waals surface area contributed by atoms with Gasteiger partial charge in [0.15, 0.2) is 11.7 Å². The van der Waals surface area contributed by atoms with Crippen LogP contribution in [0.3, 0.4) is 0 Å². The number of thiophene rings is 1. The molecule has 0 aliphatic rings. The molecule has 0 radical (unpaired) electrons. The van der Waals surface area contributed by atoms with E-state index in [9.17, 15) is 9.59 Å². The normalized spacial score (nSPS) is 10.6. The molecular weight excluding hydrogens is 348 g/mol. The van der Waals surface area contributed by atoms with Gasteiger partial charge in [0.2, 0.25) is 0 Å². The average molecular weight is 362 g/mol. The highest BCUT2D eigenvalue weighted by molar-refractivity contribution is 7.22. The molecule has 1 N–H and O–H groups in total. The number of methoxy groups -OCH3 is 1. The molecule has 6 nitrogen and oxygen atoms in total. The highest BCUT2D eigenvalue weighted by Gasteiger charge is 2.15. The first-order chi connectivity index (χ1) is 11.6. The fourth-order valence-electron chi connectivity index (χ4n) is 2.02. The van der Waals surface area contributed by atoms with Crippen molar-refractivity contribution in [2.75, 3.05) is 19.0 Å². The zero-order valence-corrected chi connectivity index (χ0v) is 14.6. The van der Waals surface area contributed by atoms with E-state index in [-0.39, 0.29) is 6.61 Å². The summed E-state index contributed by atoms with van der Waals surface area (Å²) in [6.45, 7) is 1.47. The van der Waals surface area contributed by atoms with Crippen molar-refractivity contribution in [1.29, 1.82) is 0 Å². The first-order valence-electron chi connectivity index (χ1n) is 7.02. The Morgan fingerprint density at radius 2 is 2.12 bits per heavy atom. The number of fused-ring (bicyclic) bond motifs is 1. The van der Waals surface area contributed by atoms with Crippen molar-refractivity contribution in [2.45, 2.75) is 6.92 Å². The Balaban J connectivity index is 1.60. The number of hydrogen-bond acceptors (Lipinski definition) is 7. The lowest BCUT2D eigenvalue weighted by Crippen LogP contribution is -2.20. The van der Waals surface area contributed by atoms with Gasteiger partial charge in [0.05, 0.1) is 17.3 Å². The smallest absolute Gasteiger partial charge is 0.349 e. The number of ether oxygens (including phenoxy) is 2. The van der Waals surface area contributed by atoms with Gasteiger partial charge in [-0.1, -0.05) is 11.3 Å². The number of aryl methyl sites for hydroxylation is 1. The monoisotopic (exact) mass is 362 g/mol. The van der Waals surface area contributed by atoms with Crippen molar-refractivity contribution >= 4 is 49.9 Å². The van der Waals surface area contributed by atoms with Crippen LogP contribution in [-0.4, -0.2) is 30.6 Å². The SMILES string of the molecule is COc1ccc2nc(NC(=O)COC(=O)c3sccc3C)sc2c1. The molecule has 0 fully saturated rings. The highest BCUT2D eigenvalue weighted by Crippen LogP contribution is 2.29. The van der Waals surface area contributed by atoms with Crippen LogP contribution in [0.1, 0.15) is 15.2 Å². The fourth-order valence-corrected chi connectivity index (χ4v) is 3.75. The van der Waals surface area contributed by atoms with Gasteiger partial charge in [0.1, 0.15) is 10.6 Å². The Bertz CT molecular complexity index is 901. The Labute approximate surface area is 146 Å². The molecule has 24 heavy (non-hydrogen) atoms. The van der Waals surface area contributed by atoms with Gasteiger partial charge in [0.25, 0.3) is 5.91 Å². The molecular formula is C16H14N2O4S2. The number of carbonyl (C=O) groups excluding carboxylic acids is 2. The number of carbonyl (C=O) groups is 2. The summed E-state index contributed by atoms with van der Waals surface area (Å²) in [5.41, 5.74) is 1.60. The van der Waals surface area contributed by atoms with Crippen LogP contribution in [-0.2, 0) is 9.53 Å². The second kappa shape index (κ2) is 6.98. The zero-order valence-electron chi connectivity index (χ0n) is 13.0. The summed E-state index contributed by atoms with van der Waals surface area (Å²) in [6.07, 6.45) is 0. The Kier molecular flexibility index (Phi) is 4.77. The molecule has 0 spiro atoms. The summed E-state index contributed by atoms with van der Waals surface area (Å²) in [7, 11) is 1.59. The van der Waals surface area contributed by atoms with Gasteiger partial charge in [-0.15, -0.1) is 11.3 Å². The minimum absolute atomic E-state index is 0.352. The van der Waals surface area contributed by atoms with Gasteiger partial charge in [-0.2, -0.15) is 0 Å². The fraction of sp³-hybridized carbons (Fsp3) is 0.188. The standard InChI is InChI=1S/C16H14N2O4S2/c1-9-5-6-23-14(9)15(20)22-8-13(19)18-16-17-11-4-3-10(21-2)7-12(11)24-16/h3-7H,8H2,1-2H3,(H,17,18,19). The van der Waals surface area contributed by atoms with Crippen LogP contribution in [0.5, 0.6) is 5.75 Å². The van der Waals surface area contributed by atoms with Crippen LogP contribution in [0.2, 0.25) is 0 Å². The molecule has 1 aromatic carbocycles. The van der Waals surface area contributed by atoms with Gasteiger partial charge < -0.3 is 9.47 Å². The van der Waals surface area contributed by atoms with E-state index in [2.05, 4.69) is 10.3 Å². The molecule has 0 atom stereocenters. The van der Waals surface area contributed by atoms with Crippen molar-refractivity contribution in [2.24, 2.45) is 0 Å². The van der Waals surface area contributed by atoms with E-state index in [0.717, 1.165) is 21.5 Å². The van der Waals surface area contributed by atoms with Crippen molar-refractivity contribution in [3.63, 3.8) is 0 Å². The van der Waals surface area contributed by atoms with E-state index >= 15 is 0 Å². The Morgan fingerprint density at radius 1 is 1.29 bits per heavy atom. The molecule has 0 aliphatic carbocycles. The van der Waals surface area contributed by atoms with Crippen LogP contribution >= 0.6 is 22.7 Å². The summed E-state index contributed by atoms with van der Waals surface area (Å²) >= 11 is 2.62. The molecule has 3 rings (SSSR count). The van der Waals surface area contributed by atoms with E-state index in [1.54, 1.807) is 18.6 Å². The van der Waals surface area contributed by atoms with Crippen LogP contribution in [0.15, 0.2) is 29.6 Å². The molecule has 124 valence electrons. The van der Waals surface area contributed by atoms with Crippen LogP contribution in [0.4, 0.5) is 5.13 Å². The second-order valence-corrected chi connectivity index (χ2v) is 6.86. The minimum atomic E-state index is -0.494. The summed E-state index contributed by atoms with van der Waals surface area (Å²) in [6, 6.07) is 7.30. The molecule has 0 saturated heterocycles. The van der Waals surface area contributed by atoms with Gasteiger partial charge in [0, 0.05) is 0 Å². The number of esters is 1. The third-order valence-corrected chi connectivity index (χ3v) is 5.15. The number of amides is 1. The number of rotatable bonds is 5. The predicted octanol–water partition coefficient (Wildman–Crippen LogP) is 3.47. The first kappa shape index (κ1) is 16.4. The molecule has 0 aliphatic heterocycles. The third-order valence-electron chi connectivity index (χ3n) is 3.22. The lowest BCUT2D eigenvalue weighted by atomic mass is 10.3. The van der Waals surface area contributed by atoms with E-state index < -0.39 is 11.9 Å². The summed E-state index contributed by atoms with van der Waals surface area (Å²) < 4.78 is 11.1. The topological polar surface area (TPSA) is 77.5 Å². The van der Waals surface area contributed by atoms with Gasteiger partial charge in [-0.05, 0) is 42.1 Å². The molecule has 0 unspecified atom stereocenters. The number of benzene rings is 1. The van der Waals surface area contributed by atoms with Crippen molar-refractivity contribution in [3.05, 3.63) is 40.1 Å². The van der Waals surface area contributed by atoms with E-state index in [1.165, 1.54) is 22.7 Å². The van der Waals surface area contributed by atoms with E-state index in [4.69, 9.17) is 9.47 Å². The van der Waals surface area contributed by atoms with Crippen LogP contribution in [0, 0.1) is 6.92 Å². The predicted molar refractivity (Wildman–Crippen MR) is 94.1 cm³/mol. The maximum Gasteiger partial charge on any atom is 0.349 e. The minimum Gasteiger partial charge on any atom is -0.497 e. The molecule has 3 aromatic rings. The number of nitrogens with zero attached hydrogens (tertiary/aromatic N) is 1. The maximum atomic E-state index is 11.9. The maximum absolute atomic E-state index is 11.9. The van der Waals surface area contributed by atoms with Crippen LogP contribution in [0.25, 0.3) is 10.2 Å². The molecule has 2 aromatic heterocycles. The van der Waals surface area contributed by atoms with Crippen molar-refractivity contribution in [3.8, 4) is 5.75 Å². The summed E-state index contributed by atoms with van der Waals surface area (Å²) in [5.74, 6) is -0.195. The lowest BCUT2D eigenvalue weighted by Gasteiger charge is -2.03. The Morgan fingerprint density at radius 3 is 2.83 bits per heavy atom. The zero-order chi connectivity index (χ0) is 17.1. The van der Waals surface area contributed by atoms with Gasteiger partial charge in [-0.3, -0.25) is 10.1 Å². The first-order valence-corrected chi connectivity index (χ1v) is 8.72. The lowest BCUT2D eigenvalue weighted by molar-refractivity contribution is -0.119. The molecule has 8 heteroatoms. The van der Waals surface area contributed by atoms with Crippen LogP contribution < -0.4 is 10.1 Å². The number of nitrogens with one attached hydrogen (secondary N) is 1. The number of aromatic nitrogens is 1. The quantitative estimate of drug-likeness (QED) is 0.703. The number of hydrogen-bond donors (Lipinski definition) is 1. The Hall–Kier alpha value is -2.45. The molecule has 1 amide bonds. The molecule has 2 heterocycles. The van der Waals surface area contributed by atoms with Gasteiger partial charge >= 0.3 is 5.97 Å². The molecule has 0 saturated carbocycles. The summed E-state index contributed by atoms with van der Waals surface area (Å²) in [4.78, 5) is 28.6. The summed E-state index contributed by atoms with van der Waals surface area (Å²) in [5, 5.41) is 4.90. The molecule has 0 bridgehead atoms. The van der Waals surface area contributed by atoms with E-state index in [0.29, 0.717) is 10.0 Å². The van der Waals surface area contributed by atoms with Gasteiger partial charge in [-0.25, -0.2) is 9.78 Å². The second-order valence-electron chi connectivity index (χ2n) is 4.91.